The highest BCUT2D eigenvalue weighted by Crippen LogP contribution is 2.37. The second kappa shape index (κ2) is 10.9. The smallest absolute Gasteiger partial charge is 0.338 e. The Bertz CT molecular complexity index is 1180. The summed E-state index contributed by atoms with van der Waals surface area (Å²) >= 11 is 5.65. The predicted octanol–water partition coefficient (Wildman–Crippen LogP) is 3.53. The van der Waals surface area contributed by atoms with Crippen molar-refractivity contribution in [1.82, 2.24) is 4.90 Å². The SMILES string of the molecule is CCOC(=O)c1ccc(NC(=O)CC2C(=O)N(c3ccc(C(=O)OCC)cc3)C(=S)N2C2CC2)cc1. The minimum absolute atomic E-state index is 0.0769. The maximum atomic E-state index is 13.4. The summed E-state index contributed by atoms with van der Waals surface area (Å²) in [6.07, 6.45) is 1.72. The zero-order chi connectivity index (χ0) is 25.8. The van der Waals surface area contributed by atoms with Gasteiger partial charge in [0.2, 0.25) is 5.91 Å². The fourth-order valence-corrected chi connectivity index (χ4v) is 4.52. The van der Waals surface area contributed by atoms with Gasteiger partial charge in [0.25, 0.3) is 5.91 Å². The zero-order valence-electron chi connectivity index (χ0n) is 20.1. The van der Waals surface area contributed by atoms with Gasteiger partial charge in [-0.1, -0.05) is 0 Å². The number of rotatable bonds is 9. The lowest BCUT2D eigenvalue weighted by Crippen LogP contribution is -2.39. The summed E-state index contributed by atoms with van der Waals surface area (Å²) in [7, 11) is 0. The molecule has 2 aliphatic rings. The lowest BCUT2D eigenvalue weighted by Gasteiger charge is -2.23. The molecular weight excluding hydrogens is 482 g/mol. The summed E-state index contributed by atoms with van der Waals surface area (Å²) in [5.41, 5.74) is 1.80. The molecule has 36 heavy (non-hydrogen) atoms. The third-order valence-corrected chi connectivity index (χ3v) is 6.28. The maximum Gasteiger partial charge on any atom is 0.338 e. The second-order valence-electron chi connectivity index (χ2n) is 8.43. The largest absolute Gasteiger partial charge is 0.462 e. The first-order valence-corrected chi connectivity index (χ1v) is 12.2. The Morgan fingerprint density at radius 2 is 1.44 bits per heavy atom. The second-order valence-corrected chi connectivity index (χ2v) is 8.79. The number of amides is 2. The van der Waals surface area contributed by atoms with Gasteiger partial charge in [-0.2, -0.15) is 0 Å². The summed E-state index contributed by atoms with van der Waals surface area (Å²) in [5, 5.41) is 3.14. The molecule has 2 fully saturated rings. The van der Waals surface area contributed by atoms with Crippen LogP contribution in [0.2, 0.25) is 0 Å². The Balaban J connectivity index is 1.46. The van der Waals surface area contributed by atoms with Gasteiger partial charge in [0.05, 0.1) is 36.4 Å². The van der Waals surface area contributed by atoms with E-state index in [-0.39, 0.29) is 37.5 Å². The maximum absolute atomic E-state index is 13.4. The van der Waals surface area contributed by atoms with Gasteiger partial charge >= 0.3 is 11.9 Å². The molecule has 0 aromatic heterocycles. The molecule has 1 saturated carbocycles. The number of carbonyl (C=O) groups excluding carboxylic acids is 4. The van der Waals surface area contributed by atoms with Crippen molar-refractivity contribution >= 4 is 52.5 Å². The Kier molecular flexibility index (Phi) is 7.64. The normalized spacial score (nSPS) is 17.2. The molecule has 1 saturated heterocycles. The molecule has 1 N–H and O–H groups in total. The van der Waals surface area contributed by atoms with E-state index in [9.17, 15) is 19.2 Å². The van der Waals surface area contributed by atoms with Crippen molar-refractivity contribution in [1.29, 1.82) is 0 Å². The molecule has 1 unspecified atom stereocenters. The van der Waals surface area contributed by atoms with Gasteiger partial charge in [0.1, 0.15) is 6.04 Å². The van der Waals surface area contributed by atoms with E-state index in [1.54, 1.807) is 62.4 Å². The van der Waals surface area contributed by atoms with E-state index in [0.29, 0.717) is 27.6 Å². The molecule has 2 aromatic rings. The average molecular weight is 510 g/mol. The molecule has 0 radical (unpaired) electrons. The molecule has 9 nitrogen and oxygen atoms in total. The highest BCUT2D eigenvalue weighted by atomic mass is 32.1. The van der Waals surface area contributed by atoms with Crippen LogP contribution in [0.1, 0.15) is 53.8 Å². The molecule has 4 rings (SSSR count). The van der Waals surface area contributed by atoms with Crippen LogP contribution in [0.15, 0.2) is 48.5 Å². The number of anilines is 2. The highest BCUT2D eigenvalue weighted by molar-refractivity contribution is 7.80. The molecule has 0 bridgehead atoms. The van der Waals surface area contributed by atoms with Crippen LogP contribution in [-0.2, 0) is 19.1 Å². The van der Waals surface area contributed by atoms with Crippen molar-refractivity contribution in [2.45, 2.75) is 45.2 Å². The van der Waals surface area contributed by atoms with E-state index in [0.717, 1.165) is 12.8 Å². The number of thiocarbonyl (C=S) groups is 1. The molecule has 1 aliphatic heterocycles. The molecule has 10 heteroatoms. The first kappa shape index (κ1) is 25.3. The molecular formula is C26H27N3O6S. The van der Waals surface area contributed by atoms with Crippen LogP contribution in [0.25, 0.3) is 0 Å². The van der Waals surface area contributed by atoms with Gasteiger partial charge in [-0.25, -0.2) is 9.59 Å². The van der Waals surface area contributed by atoms with Gasteiger partial charge in [0, 0.05) is 11.7 Å². The molecule has 1 aliphatic carbocycles. The average Bonchev–Trinajstić information content (AvgIpc) is 3.66. The lowest BCUT2D eigenvalue weighted by molar-refractivity contribution is -0.124. The van der Waals surface area contributed by atoms with E-state index in [4.69, 9.17) is 21.7 Å². The molecule has 2 aromatic carbocycles. The van der Waals surface area contributed by atoms with Crippen LogP contribution in [0.5, 0.6) is 0 Å². The zero-order valence-corrected chi connectivity index (χ0v) is 20.9. The fraction of sp³-hybridized carbons (Fsp3) is 0.346. The number of hydrogen-bond donors (Lipinski definition) is 1. The third kappa shape index (κ3) is 5.38. The fourth-order valence-electron chi connectivity index (χ4n) is 4.05. The highest BCUT2D eigenvalue weighted by Gasteiger charge is 2.49. The summed E-state index contributed by atoms with van der Waals surface area (Å²) in [6.45, 7) is 4.01. The minimum atomic E-state index is -0.728. The number of esters is 2. The van der Waals surface area contributed by atoms with Crippen molar-refractivity contribution in [2.24, 2.45) is 0 Å². The van der Waals surface area contributed by atoms with Crippen molar-refractivity contribution in [3.05, 3.63) is 59.7 Å². The summed E-state index contributed by atoms with van der Waals surface area (Å²) in [6, 6.07) is 12.2. The third-order valence-electron chi connectivity index (χ3n) is 5.89. The van der Waals surface area contributed by atoms with Gasteiger partial charge in [0.15, 0.2) is 5.11 Å². The van der Waals surface area contributed by atoms with Crippen LogP contribution in [0.3, 0.4) is 0 Å². The van der Waals surface area contributed by atoms with Crippen LogP contribution in [0, 0.1) is 0 Å². The van der Waals surface area contributed by atoms with Crippen molar-refractivity contribution in [3.8, 4) is 0 Å². The Morgan fingerprint density at radius 3 is 1.94 bits per heavy atom. The number of nitrogens with zero attached hydrogens (tertiary/aromatic N) is 2. The van der Waals surface area contributed by atoms with Crippen molar-refractivity contribution in [3.63, 3.8) is 0 Å². The standard InChI is InChI=1S/C26H27N3O6S/c1-3-34-24(32)16-5-9-18(10-6-16)27-22(30)15-21-23(31)29(26(36)28(21)19-13-14-19)20-11-7-17(8-12-20)25(33)35-4-2/h5-12,19,21H,3-4,13-15H2,1-2H3,(H,27,30). The predicted molar refractivity (Wildman–Crippen MR) is 137 cm³/mol. The summed E-state index contributed by atoms with van der Waals surface area (Å²) in [5.74, 6) is -1.51. The van der Waals surface area contributed by atoms with Crippen LogP contribution >= 0.6 is 12.2 Å². The molecule has 0 spiro atoms. The van der Waals surface area contributed by atoms with E-state index in [1.807, 2.05) is 4.90 Å². The quantitative estimate of drug-likeness (QED) is 0.404. The number of ether oxygens (including phenoxy) is 2. The van der Waals surface area contributed by atoms with Gasteiger partial charge in [-0.3, -0.25) is 14.5 Å². The van der Waals surface area contributed by atoms with Gasteiger partial charge < -0.3 is 19.7 Å². The van der Waals surface area contributed by atoms with E-state index < -0.39 is 18.0 Å². The van der Waals surface area contributed by atoms with Gasteiger partial charge in [-0.15, -0.1) is 0 Å². The van der Waals surface area contributed by atoms with E-state index >= 15 is 0 Å². The van der Waals surface area contributed by atoms with E-state index in [1.165, 1.54) is 4.90 Å². The number of nitrogens with one attached hydrogen (secondary N) is 1. The number of hydrogen-bond acceptors (Lipinski definition) is 7. The Morgan fingerprint density at radius 1 is 0.917 bits per heavy atom. The summed E-state index contributed by atoms with van der Waals surface area (Å²) in [4.78, 5) is 53.3. The topological polar surface area (TPSA) is 105 Å². The van der Waals surface area contributed by atoms with Crippen molar-refractivity contribution in [2.75, 3.05) is 23.4 Å². The van der Waals surface area contributed by atoms with Crippen LogP contribution < -0.4 is 10.2 Å². The van der Waals surface area contributed by atoms with Crippen LogP contribution in [-0.4, -0.2) is 59.1 Å². The first-order chi connectivity index (χ1) is 17.3. The Hall–Kier alpha value is -3.79. The molecule has 1 heterocycles. The molecule has 2 amide bonds. The Labute approximate surface area is 214 Å². The van der Waals surface area contributed by atoms with Crippen LogP contribution in [0.4, 0.5) is 11.4 Å². The van der Waals surface area contributed by atoms with E-state index in [2.05, 4.69) is 5.32 Å². The monoisotopic (exact) mass is 509 g/mol. The number of carbonyl (C=O) groups is 4. The minimum Gasteiger partial charge on any atom is -0.462 e. The van der Waals surface area contributed by atoms with Gasteiger partial charge in [-0.05, 0) is 87.4 Å². The number of benzene rings is 2. The first-order valence-electron chi connectivity index (χ1n) is 11.8. The lowest BCUT2D eigenvalue weighted by atomic mass is 10.1. The van der Waals surface area contributed by atoms with Crippen molar-refractivity contribution < 1.29 is 28.7 Å². The molecule has 188 valence electrons. The molecule has 1 atom stereocenters. The summed E-state index contributed by atoms with van der Waals surface area (Å²) < 4.78 is 9.98.